The number of amides is 1. The average molecular weight is 244 g/mol. The van der Waals surface area contributed by atoms with Crippen molar-refractivity contribution < 1.29 is 4.79 Å². The van der Waals surface area contributed by atoms with Crippen molar-refractivity contribution >= 4 is 11.6 Å². The van der Waals surface area contributed by atoms with E-state index in [1.165, 1.54) is 25.7 Å². The zero-order valence-corrected chi connectivity index (χ0v) is 10.9. The van der Waals surface area contributed by atoms with Crippen LogP contribution in [0.3, 0.4) is 0 Å². The van der Waals surface area contributed by atoms with Crippen molar-refractivity contribution in [3.8, 4) is 0 Å². The molecule has 2 aliphatic carbocycles. The molecule has 2 N–H and O–H groups in total. The molecule has 0 aliphatic heterocycles. The molecule has 2 aliphatic rings. The summed E-state index contributed by atoms with van der Waals surface area (Å²) in [5.41, 5.74) is 8.27. The molecular formula is C15H20N2O. The highest BCUT2D eigenvalue weighted by atomic mass is 16.2. The first-order valence-corrected chi connectivity index (χ1v) is 6.82. The number of aryl methyl sites for hydroxylation is 1. The van der Waals surface area contributed by atoms with Gasteiger partial charge < -0.3 is 10.6 Å². The quantitative estimate of drug-likeness (QED) is 0.827. The van der Waals surface area contributed by atoms with E-state index in [9.17, 15) is 4.79 Å². The fraction of sp³-hybridized carbons (Fsp3) is 0.533. The Morgan fingerprint density at radius 3 is 2.61 bits per heavy atom. The molecule has 0 heterocycles. The van der Waals surface area contributed by atoms with Gasteiger partial charge in [0.1, 0.15) is 0 Å². The molecule has 1 amide bonds. The van der Waals surface area contributed by atoms with Crippen LogP contribution in [0.2, 0.25) is 0 Å². The summed E-state index contributed by atoms with van der Waals surface area (Å²) in [6.07, 6.45) is 4.92. The van der Waals surface area contributed by atoms with Gasteiger partial charge in [0.2, 0.25) is 0 Å². The summed E-state index contributed by atoms with van der Waals surface area (Å²) >= 11 is 0. The minimum atomic E-state index is 0.196. The van der Waals surface area contributed by atoms with Gasteiger partial charge in [0.05, 0.1) is 0 Å². The van der Waals surface area contributed by atoms with Crippen molar-refractivity contribution in [3.05, 3.63) is 29.3 Å². The van der Waals surface area contributed by atoms with Crippen LogP contribution in [-0.4, -0.2) is 23.4 Å². The van der Waals surface area contributed by atoms with E-state index >= 15 is 0 Å². The van der Waals surface area contributed by atoms with E-state index in [-0.39, 0.29) is 5.91 Å². The van der Waals surface area contributed by atoms with Crippen LogP contribution in [0.5, 0.6) is 0 Å². The van der Waals surface area contributed by atoms with Crippen LogP contribution < -0.4 is 5.73 Å². The third kappa shape index (κ3) is 2.35. The maximum atomic E-state index is 12.6. The predicted molar refractivity (Wildman–Crippen MR) is 72.4 cm³/mol. The van der Waals surface area contributed by atoms with Crippen LogP contribution >= 0.6 is 0 Å². The van der Waals surface area contributed by atoms with Crippen LogP contribution in [0.1, 0.15) is 41.6 Å². The van der Waals surface area contributed by atoms with Crippen molar-refractivity contribution in [2.75, 3.05) is 12.3 Å². The molecular weight excluding hydrogens is 224 g/mol. The number of nitrogens with zero attached hydrogens (tertiary/aromatic N) is 1. The molecule has 3 nitrogen and oxygen atoms in total. The van der Waals surface area contributed by atoms with E-state index in [1.807, 2.05) is 25.1 Å². The number of carbonyl (C=O) groups excluding carboxylic acids is 1. The summed E-state index contributed by atoms with van der Waals surface area (Å²) in [7, 11) is 0. The Morgan fingerprint density at radius 2 is 2.06 bits per heavy atom. The van der Waals surface area contributed by atoms with E-state index in [2.05, 4.69) is 4.90 Å². The van der Waals surface area contributed by atoms with Gasteiger partial charge >= 0.3 is 0 Å². The predicted octanol–water partition coefficient (Wildman–Crippen LogP) is 2.59. The summed E-state index contributed by atoms with van der Waals surface area (Å²) in [5, 5.41) is 0. The molecule has 0 atom stereocenters. The molecule has 96 valence electrons. The second-order valence-electron chi connectivity index (χ2n) is 5.71. The highest BCUT2D eigenvalue weighted by molar-refractivity contribution is 5.96. The number of rotatable bonds is 4. The molecule has 1 aromatic carbocycles. The van der Waals surface area contributed by atoms with E-state index in [0.717, 1.165) is 29.3 Å². The summed E-state index contributed by atoms with van der Waals surface area (Å²) in [6.45, 7) is 2.92. The van der Waals surface area contributed by atoms with Gasteiger partial charge in [0.25, 0.3) is 5.91 Å². The summed E-state index contributed by atoms with van der Waals surface area (Å²) in [6, 6.07) is 6.07. The molecule has 0 aromatic heterocycles. The van der Waals surface area contributed by atoms with E-state index in [1.54, 1.807) is 0 Å². The van der Waals surface area contributed by atoms with E-state index < -0.39 is 0 Å². The van der Waals surface area contributed by atoms with Crippen molar-refractivity contribution in [2.24, 2.45) is 5.92 Å². The Labute approximate surface area is 108 Å². The Hall–Kier alpha value is -1.51. The van der Waals surface area contributed by atoms with Gasteiger partial charge in [-0.1, -0.05) is 0 Å². The molecule has 0 spiro atoms. The average Bonchev–Trinajstić information content (AvgIpc) is 3.18. The molecule has 2 saturated carbocycles. The van der Waals surface area contributed by atoms with Gasteiger partial charge in [-0.3, -0.25) is 4.79 Å². The minimum absolute atomic E-state index is 0.196. The standard InChI is InChI=1S/C15H20N2O/c1-10-8-12(16)4-7-14(10)15(18)17(13-5-6-13)9-11-2-3-11/h4,7-8,11,13H,2-3,5-6,9,16H2,1H3. The third-order valence-corrected chi connectivity index (χ3v) is 3.88. The second kappa shape index (κ2) is 4.30. The lowest BCUT2D eigenvalue weighted by Crippen LogP contribution is -2.35. The number of hydrogen-bond acceptors (Lipinski definition) is 2. The Bertz CT molecular complexity index is 475. The lowest BCUT2D eigenvalue weighted by atomic mass is 10.1. The van der Waals surface area contributed by atoms with Crippen LogP contribution in [0.4, 0.5) is 5.69 Å². The Balaban J connectivity index is 1.81. The maximum Gasteiger partial charge on any atom is 0.254 e. The first kappa shape index (κ1) is 11.6. The van der Waals surface area contributed by atoms with E-state index in [0.29, 0.717) is 6.04 Å². The first-order valence-electron chi connectivity index (χ1n) is 6.82. The highest BCUT2D eigenvalue weighted by Crippen LogP contribution is 2.35. The zero-order chi connectivity index (χ0) is 12.7. The molecule has 0 radical (unpaired) electrons. The van der Waals surface area contributed by atoms with Crippen molar-refractivity contribution in [3.63, 3.8) is 0 Å². The number of benzene rings is 1. The Kier molecular flexibility index (Phi) is 2.77. The van der Waals surface area contributed by atoms with Crippen molar-refractivity contribution in [1.82, 2.24) is 4.90 Å². The van der Waals surface area contributed by atoms with Gasteiger partial charge in [-0.15, -0.1) is 0 Å². The van der Waals surface area contributed by atoms with E-state index in [4.69, 9.17) is 5.73 Å². The number of carbonyl (C=O) groups is 1. The van der Waals surface area contributed by atoms with Crippen LogP contribution in [0.25, 0.3) is 0 Å². The fourth-order valence-corrected chi connectivity index (χ4v) is 2.44. The molecule has 1 aromatic rings. The molecule has 2 fully saturated rings. The van der Waals surface area contributed by atoms with Crippen molar-refractivity contribution in [2.45, 2.75) is 38.6 Å². The largest absolute Gasteiger partial charge is 0.399 e. The molecule has 3 heteroatoms. The summed E-state index contributed by atoms with van der Waals surface area (Å²) in [4.78, 5) is 14.7. The molecule has 0 unspecified atom stereocenters. The summed E-state index contributed by atoms with van der Waals surface area (Å²) < 4.78 is 0. The topological polar surface area (TPSA) is 46.3 Å². The molecule has 18 heavy (non-hydrogen) atoms. The van der Waals surface area contributed by atoms with Gasteiger partial charge in [0.15, 0.2) is 0 Å². The summed E-state index contributed by atoms with van der Waals surface area (Å²) in [5.74, 6) is 0.950. The third-order valence-electron chi connectivity index (χ3n) is 3.88. The minimum Gasteiger partial charge on any atom is -0.399 e. The molecule has 3 rings (SSSR count). The number of nitrogen functional groups attached to an aromatic ring is 1. The lowest BCUT2D eigenvalue weighted by Gasteiger charge is -2.23. The zero-order valence-electron chi connectivity index (χ0n) is 10.9. The van der Waals surface area contributed by atoms with Crippen LogP contribution in [0, 0.1) is 12.8 Å². The SMILES string of the molecule is Cc1cc(N)ccc1C(=O)N(CC1CC1)C1CC1. The number of nitrogens with two attached hydrogens (primary N) is 1. The van der Waals surface area contributed by atoms with Gasteiger partial charge in [0, 0.05) is 23.8 Å². The highest BCUT2D eigenvalue weighted by Gasteiger charge is 2.37. The van der Waals surface area contributed by atoms with Gasteiger partial charge in [-0.2, -0.15) is 0 Å². The van der Waals surface area contributed by atoms with Crippen LogP contribution in [-0.2, 0) is 0 Å². The number of hydrogen-bond donors (Lipinski definition) is 1. The first-order chi connectivity index (χ1) is 8.65. The molecule has 0 bridgehead atoms. The smallest absolute Gasteiger partial charge is 0.254 e. The molecule has 0 saturated heterocycles. The lowest BCUT2D eigenvalue weighted by molar-refractivity contribution is 0.0734. The second-order valence-corrected chi connectivity index (χ2v) is 5.71. The van der Waals surface area contributed by atoms with Gasteiger partial charge in [-0.25, -0.2) is 0 Å². The fourth-order valence-electron chi connectivity index (χ4n) is 2.44. The van der Waals surface area contributed by atoms with Gasteiger partial charge in [-0.05, 0) is 62.3 Å². The number of anilines is 1. The monoisotopic (exact) mass is 244 g/mol. The Morgan fingerprint density at radius 1 is 1.33 bits per heavy atom. The maximum absolute atomic E-state index is 12.6. The van der Waals surface area contributed by atoms with Crippen molar-refractivity contribution in [1.29, 1.82) is 0 Å². The van der Waals surface area contributed by atoms with Crippen LogP contribution in [0.15, 0.2) is 18.2 Å². The normalized spacial score (nSPS) is 18.7.